The number of hydrogen-bond donors (Lipinski definition) is 26. The van der Waals surface area contributed by atoms with Crippen molar-refractivity contribution < 1.29 is 117 Å². The van der Waals surface area contributed by atoms with Crippen LogP contribution in [0.25, 0.3) is 0 Å². The fraction of sp³-hybridized carbons (Fsp3) is 0.580. The van der Waals surface area contributed by atoms with Gasteiger partial charge in [-0.3, -0.25) is 57.5 Å². The summed E-state index contributed by atoms with van der Waals surface area (Å²) < 4.78 is 0. The van der Waals surface area contributed by atoms with Crippen molar-refractivity contribution in [2.75, 3.05) is 105 Å². The van der Waals surface area contributed by atoms with E-state index in [1.807, 2.05) is 121 Å². The number of amides is 14. The van der Waals surface area contributed by atoms with E-state index in [0.717, 1.165) is 60.8 Å². The Morgan fingerprint density at radius 2 is 0.479 bits per heavy atom. The van der Waals surface area contributed by atoms with Crippen LogP contribution in [-0.2, 0) is 102 Å². The number of carbonyl (C=O) groups excluding carboxylic acids is 12. The molecule has 0 spiro atoms. The summed E-state index contributed by atoms with van der Waals surface area (Å²) >= 11 is 0. The summed E-state index contributed by atoms with van der Waals surface area (Å²) in [4.78, 5) is 231. The lowest BCUT2D eigenvalue weighted by atomic mass is 9.96. The lowest BCUT2D eigenvalue weighted by Gasteiger charge is -2.39. The second-order valence-corrected chi connectivity index (χ2v) is 36.5. The maximum absolute atomic E-state index is 14.5. The van der Waals surface area contributed by atoms with E-state index < -0.39 is 168 Å². The molecular formula is C100H150N20O24. The van der Waals surface area contributed by atoms with Gasteiger partial charge in [-0.2, -0.15) is 0 Å². The van der Waals surface area contributed by atoms with E-state index >= 15 is 0 Å². The minimum Gasteiger partial charge on any atom is -0.481 e. The van der Waals surface area contributed by atoms with Crippen LogP contribution in [0.3, 0.4) is 0 Å². The van der Waals surface area contributed by atoms with Crippen LogP contribution in [0.1, 0.15) is 202 Å². The Bertz CT molecular complexity index is 4340. The Kier molecular flexibility index (Phi) is 57.1. The molecule has 44 nitrogen and oxygen atoms in total. The minimum absolute atomic E-state index is 0.0135. The predicted octanol–water partition coefficient (Wildman–Crippen LogP) is 1.14. The number of unbranched alkanes of at least 4 members (excludes halogenated alkanes) is 10. The minimum atomic E-state index is -1.53. The average molecular weight is 2020 g/mol. The number of nitrogens with one attached hydrogen (secondary N) is 20. The van der Waals surface area contributed by atoms with Crippen molar-refractivity contribution in [1.29, 1.82) is 0 Å². The van der Waals surface area contributed by atoms with Crippen LogP contribution in [0, 0.1) is 0 Å². The van der Waals surface area contributed by atoms with Crippen molar-refractivity contribution in [2.45, 2.75) is 265 Å². The first-order valence-electron chi connectivity index (χ1n) is 50.1. The van der Waals surface area contributed by atoms with Crippen LogP contribution < -0.4 is 106 Å². The molecule has 4 aromatic rings. The molecule has 0 aliphatic carbocycles. The van der Waals surface area contributed by atoms with Gasteiger partial charge in [-0.1, -0.05) is 160 Å². The van der Waals surface area contributed by atoms with Crippen LogP contribution in [0.15, 0.2) is 121 Å². The summed E-state index contributed by atoms with van der Waals surface area (Å²) in [7, 11) is 0. The average Bonchev–Trinajstić information content (AvgIpc) is 0.839. The SMILES string of the molecule is O=C(O)CCC(NC(=O)NC(CCCCNC(=O)CCCCCCCNC(=O)C(Cc1ccccc1)NC(=O)C(Cc1ccccc1)NC(=O)CCCC(=O)NC12CNCCNCC(NC(=O)CCCC(=O)NC(Cc3ccccc3)C(=O)NC(Cc3ccccc3)C(=O)NCCCCCCCC(=O)NCCCCC(NC(=O)NC(CCC(=O)O)C(=O)O)C(=O)O)(CNCCNC1)CNCCNC2)C(=O)O)C(=O)O. The lowest BCUT2D eigenvalue weighted by molar-refractivity contribution is -0.142. The molecule has 0 radical (unpaired) electrons. The zero-order valence-corrected chi connectivity index (χ0v) is 82.1. The van der Waals surface area contributed by atoms with Gasteiger partial charge in [-0.05, 0) is 112 Å². The van der Waals surface area contributed by atoms with Crippen LogP contribution in [0.4, 0.5) is 9.59 Å². The van der Waals surface area contributed by atoms with Crippen molar-refractivity contribution in [1.82, 2.24) is 106 Å². The largest absolute Gasteiger partial charge is 0.481 e. The third-order valence-corrected chi connectivity index (χ3v) is 24.3. The van der Waals surface area contributed by atoms with Crippen molar-refractivity contribution in [3.05, 3.63) is 144 Å². The van der Waals surface area contributed by atoms with Crippen LogP contribution >= 0.6 is 0 Å². The van der Waals surface area contributed by atoms with Crippen molar-refractivity contribution in [3.63, 3.8) is 0 Å². The molecular weight excluding hydrogens is 1870 g/mol. The standard InChI is InChI=1S/C100H150N20O24/c121-81(107-49-25-21-37-73(93(135)136)115-97(143)117-75(95(139)140)45-47-87(127)128)39-19-3-1-5-23-51-109-89(131)77(59-69-29-11-7-12-30-69)113-91(133)79(61-71-33-15-9-16-34-71)111-83(123)41-27-43-85(125)119-99-63-101-53-56-104-66-100(67-105-57-54-102-64-99,68-106-58-55-103-65-99)120-86(126)44-28-42-84(124)112-80(62-72-35-17-10-18-36-72)92(134)114-78(60-70-31-13-8-14-32-70)90(132)110-52-24-6-2-4-20-40-82(122)108-50-26-22-38-74(94(137)138)116-98(144)118-76(96(141)142)46-48-88(129)130/h7-18,29-36,73-80,101-106H,1-6,19-28,37-68H2,(H,107,121)(H,108,122)(H,109,131)(H,110,132)(H,111,123)(H,112,124)(H,113,133)(H,114,134)(H,119,125)(H,120,126)(H,127,128)(H,129,130)(H,135,136)(H,137,138)(H,139,140)(H,141,142)(H2,115,117,143)(H2,116,118,144). The highest BCUT2D eigenvalue weighted by Gasteiger charge is 2.37. The van der Waals surface area contributed by atoms with Gasteiger partial charge in [0.25, 0.3) is 0 Å². The molecule has 0 saturated carbocycles. The second kappa shape index (κ2) is 68.8. The number of aliphatic carboxylic acids is 6. The molecule has 3 aliphatic heterocycles. The van der Waals surface area contributed by atoms with Gasteiger partial charge in [0.15, 0.2) is 0 Å². The highest BCUT2D eigenvalue weighted by molar-refractivity contribution is 5.94. The molecule has 3 aliphatic rings. The molecule has 8 atom stereocenters. The third kappa shape index (κ3) is 51.6. The molecule has 8 unspecified atom stereocenters. The van der Waals surface area contributed by atoms with Crippen molar-refractivity contribution in [3.8, 4) is 0 Å². The molecule has 4 aromatic carbocycles. The van der Waals surface area contributed by atoms with E-state index in [2.05, 4.69) is 106 Å². The second-order valence-electron chi connectivity index (χ2n) is 36.5. The molecule has 0 aromatic heterocycles. The van der Waals surface area contributed by atoms with Crippen molar-refractivity contribution >= 4 is 107 Å². The summed E-state index contributed by atoms with van der Waals surface area (Å²) in [5.41, 5.74) is 1.42. The summed E-state index contributed by atoms with van der Waals surface area (Å²) in [5, 5.41) is 115. The Morgan fingerprint density at radius 3 is 0.764 bits per heavy atom. The highest BCUT2D eigenvalue weighted by atomic mass is 16.4. The van der Waals surface area contributed by atoms with Gasteiger partial charge in [0.05, 0.1) is 11.1 Å². The summed E-state index contributed by atoms with van der Waals surface area (Å²) in [6.45, 7) is 6.09. The smallest absolute Gasteiger partial charge is 0.326 e. The summed E-state index contributed by atoms with van der Waals surface area (Å²) in [6.07, 6.45) is 7.49. The number of hydrogen-bond acceptors (Lipinski definition) is 24. The zero-order valence-electron chi connectivity index (χ0n) is 82.1. The van der Waals surface area contributed by atoms with Crippen LogP contribution in [0.2, 0.25) is 0 Å². The highest BCUT2D eigenvalue weighted by Crippen LogP contribution is 2.17. The van der Waals surface area contributed by atoms with Gasteiger partial charge < -0.3 is 137 Å². The number of benzene rings is 4. The van der Waals surface area contributed by atoms with Crippen LogP contribution in [0.5, 0.6) is 0 Å². The molecule has 3 fully saturated rings. The van der Waals surface area contributed by atoms with E-state index in [0.29, 0.717) is 143 Å². The van der Waals surface area contributed by atoms with E-state index in [4.69, 9.17) is 10.2 Å². The number of carboxylic acids is 6. The van der Waals surface area contributed by atoms with Gasteiger partial charge in [-0.25, -0.2) is 28.8 Å². The quantitative estimate of drug-likeness (QED) is 0.0276. The maximum Gasteiger partial charge on any atom is 0.326 e. The van der Waals surface area contributed by atoms with Gasteiger partial charge in [0, 0.05) is 182 Å². The first kappa shape index (κ1) is 119. The van der Waals surface area contributed by atoms with E-state index in [-0.39, 0.29) is 127 Å². The molecule has 26 N–H and O–H groups in total. The number of fused-ring (bicyclic) bond motifs is 15. The lowest BCUT2D eigenvalue weighted by Crippen LogP contribution is -2.68. The fourth-order valence-corrected chi connectivity index (χ4v) is 16.4. The van der Waals surface area contributed by atoms with E-state index in [1.54, 1.807) is 0 Å². The normalized spacial score (nSPS) is 16.6. The Morgan fingerprint density at radius 1 is 0.236 bits per heavy atom. The first-order chi connectivity index (χ1) is 69.3. The summed E-state index contributed by atoms with van der Waals surface area (Å²) in [6, 6.07) is 24.5. The topological polar surface area (TPSA) is 669 Å². The summed E-state index contributed by atoms with van der Waals surface area (Å²) in [5.74, 6) is -12.1. The van der Waals surface area contributed by atoms with E-state index in [1.165, 1.54) is 0 Å². The first-order valence-corrected chi connectivity index (χ1v) is 50.1. The molecule has 3 heterocycles. The maximum atomic E-state index is 14.5. The monoisotopic (exact) mass is 2020 g/mol. The van der Waals surface area contributed by atoms with E-state index in [9.17, 15) is 107 Å². The van der Waals surface area contributed by atoms with Gasteiger partial charge in [-0.15, -0.1) is 0 Å². The number of carbonyl (C=O) groups is 18. The Balaban J connectivity index is 0.915. The molecule has 7 rings (SSSR count). The molecule has 2 bridgehead atoms. The fourth-order valence-electron chi connectivity index (χ4n) is 16.4. The van der Waals surface area contributed by atoms with Gasteiger partial charge in [0.2, 0.25) is 59.1 Å². The third-order valence-electron chi connectivity index (χ3n) is 24.3. The number of urea groups is 2. The zero-order chi connectivity index (χ0) is 105. The molecule has 144 heavy (non-hydrogen) atoms. The molecule has 44 heteroatoms. The predicted molar refractivity (Wildman–Crippen MR) is 533 cm³/mol. The number of carboxylic acid groups (broad SMARTS) is 6. The Labute approximate surface area is 839 Å². The Hall–Kier alpha value is -13.3. The van der Waals surface area contributed by atoms with Crippen LogP contribution in [-0.4, -0.2) is 302 Å². The number of rotatable bonds is 66. The molecule has 794 valence electrons. The van der Waals surface area contributed by atoms with Gasteiger partial charge in [0.1, 0.15) is 48.3 Å². The van der Waals surface area contributed by atoms with Gasteiger partial charge >= 0.3 is 47.9 Å². The van der Waals surface area contributed by atoms with Crippen molar-refractivity contribution in [2.24, 2.45) is 0 Å². The molecule has 3 saturated heterocycles. The molecule has 14 amide bonds.